The Morgan fingerprint density at radius 2 is 0.933 bits per heavy atom. The number of hydrogen-bond acceptors (Lipinski definition) is 0. The third-order valence-electron chi connectivity index (χ3n) is 22.3. The molecule has 10 heterocycles. The predicted molar refractivity (Wildman–Crippen MR) is 61.2 cm³/mol. The van der Waals surface area contributed by atoms with Crippen LogP contribution in [-0.2, 0) is 11.4 Å². The summed E-state index contributed by atoms with van der Waals surface area (Å²) in [6.07, 6.45) is 0. The number of rotatable bonds is 0. The summed E-state index contributed by atoms with van der Waals surface area (Å²) >= 11 is -3.13. The minimum absolute atomic E-state index is 0. The first kappa shape index (κ1) is 7.15. The van der Waals surface area contributed by atoms with Gasteiger partial charge in [-0.05, 0) is 0 Å². The Labute approximate surface area is 84.5 Å². The average molecular weight is 322 g/mol. The van der Waals surface area contributed by atoms with Crippen LogP contribution in [0.4, 0.5) is 0 Å². The molecule has 10 fully saturated rings. The second-order valence-corrected chi connectivity index (χ2v) is 66.6. The Balaban J connectivity index is 0.000000269. The van der Waals surface area contributed by atoms with Crippen LogP contribution in [-0.4, -0.2) is 0 Å². The van der Waals surface area contributed by atoms with E-state index in [-0.39, 0.29) is 24.8 Å². The maximum absolute atomic E-state index is 3.13. The van der Waals surface area contributed by atoms with Crippen LogP contribution in [0.5, 0.6) is 0 Å². The SMILES string of the molecule is C[C]12[CH]3[CH]4[CH]5[CH]1[Zr]45321678[CH]2[CH]1[CH]6[C]7(C)[CH]28.Cl.Cl. The van der Waals surface area contributed by atoms with E-state index in [9.17, 15) is 0 Å². The van der Waals surface area contributed by atoms with E-state index in [0.717, 1.165) is 0 Å². The van der Waals surface area contributed by atoms with Crippen LogP contribution in [0.25, 0.3) is 0 Å². The van der Waals surface area contributed by atoms with Gasteiger partial charge in [-0.25, -0.2) is 0 Å². The van der Waals surface area contributed by atoms with Gasteiger partial charge in [-0.1, -0.05) is 0 Å². The van der Waals surface area contributed by atoms with Crippen LogP contribution >= 0.6 is 24.8 Å². The molecule has 1 spiro atoms. The second kappa shape index (κ2) is 0.476. The van der Waals surface area contributed by atoms with Crippen LogP contribution in [0.2, 0.25) is 35.3 Å². The van der Waals surface area contributed by atoms with Gasteiger partial charge >= 0.3 is 60.5 Å². The molecule has 0 aromatic rings. The van der Waals surface area contributed by atoms with Gasteiger partial charge in [0, 0.05) is 0 Å². The summed E-state index contributed by atoms with van der Waals surface area (Å²) in [5.41, 5.74) is 0. The summed E-state index contributed by atoms with van der Waals surface area (Å²) < 4.78 is 14.8. The Bertz CT molecular complexity index is 830. The molecule has 0 aromatic heterocycles. The zero-order chi connectivity index (χ0) is 7.94. The van der Waals surface area contributed by atoms with Crippen molar-refractivity contribution in [2.75, 3.05) is 0 Å². The second-order valence-electron chi connectivity index (χ2n) is 13.7. The maximum Gasteiger partial charge on any atom is -0.147 e. The molecule has 0 aromatic carbocycles. The molecule has 0 bridgehead atoms. The minimum Gasteiger partial charge on any atom is -0.147 e. The fourth-order valence-electron chi connectivity index (χ4n) is 27.2. The van der Waals surface area contributed by atoms with Crippen molar-refractivity contribution in [3.8, 4) is 0 Å². The standard InChI is InChI=1S/2C6H7.2ClH.Zr/c2*1-6-4-2-3-5-6;;;/h2*2-5H,1H3;2*1H;. The monoisotopic (exact) mass is 320 g/mol. The van der Waals surface area contributed by atoms with Crippen molar-refractivity contribution < 1.29 is 11.4 Å². The molecular formula is C12H16Cl2Zr. The van der Waals surface area contributed by atoms with Crippen molar-refractivity contribution in [2.45, 2.75) is 49.1 Å². The number of fused-ring (bicyclic) bond motifs is 10. The van der Waals surface area contributed by atoms with Crippen LogP contribution < -0.4 is 0 Å². The Morgan fingerprint density at radius 3 is 0.933 bits per heavy atom. The van der Waals surface area contributed by atoms with E-state index in [2.05, 4.69) is 13.8 Å². The van der Waals surface area contributed by atoms with Gasteiger partial charge in [0.15, 0.2) is 0 Å². The fourth-order valence-corrected chi connectivity index (χ4v) is 259. The van der Waals surface area contributed by atoms with E-state index in [1.807, 2.05) is 0 Å². The smallest absolute Gasteiger partial charge is 0.147 e. The molecule has 10 aliphatic heterocycles. The normalized spacial score (nSPS) is 137. The molecule has 0 aliphatic carbocycles. The molecule has 15 heavy (non-hydrogen) atoms. The molecule has 0 amide bonds. The van der Waals surface area contributed by atoms with Crippen LogP contribution in [0.3, 0.4) is 0 Å². The molecule has 8 unspecified atom stereocenters. The van der Waals surface area contributed by atoms with E-state index < -0.39 is 11.4 Å². The van der Waals surface area contributed by atoms with E-state index >= 15 is 0 Å². The van der Waals surface area contributed by atoms with Crippen molar-refractivity contribution in [1.29, 1.82) is 0 Å². The van der Waals surface area contributed by atoms with Crippen molar-refractivity contribution >= 4 is 24.8 Å². The molecule has 0 radical (unpaired) electrons. The average Bonchev–Trinajstić information content (AvgIpc) is 3.01. The number of hydrogen-bond donors (Lipinski definition) is 0. The molecule has 3 heteroatoms. The summed E-state index contributed by atoms with van der Waals surface area (Å²) in [5, 5.41) is 0. The molecule has 82 valence electrons. The summed E-state index contributed by atoms with van der Waals surface area (Å²) in [5.74, 6) is 0. The first-order chi connectivity index (χ1) is 5.93. The minimum atomic E-state index is -3.13. The van der Waals surface area contributed by atoms with Crippen LogP contribution in [0.15, 0.2) is 0 Å². The first-order valence-electron chi connectivity index (χ1n) is 6.96. The Morgan fingerprint density at radius 1 is 0.667 bits per heavy atom. The van der Waals surface area contributed by atoms with Crippen molar-refractivity contribution in [1.82, 2.24) is 0 Å². The quantitative estimate of drug-likeness (QED) is 0.589. The Hall–Kier alpha value is 1.46. The summed E-state index contributed by atoms with van der Waals surface area (Å²) in [7, 11) is 0. The van der Waals surface area contributed by atoms with Gasteiger partial charge in [-0.3, -0.25) is 0 Å². The van der Waals surface area contributed by atoms with Crippen molar-refractivity contribution in [3.63, 3.8) is 0 Å². The van der Waals surface area contributed by atoms with E-state index in [1.54, 1.807) is 29.0 Å². The molecule has 0 N–H and O–H groups in total. The molecule has 10 aliphatic rings. The van der Waals surface area contributed by atoms with Gasteiger partial charge in [-0.15, -0.1) is 24.8 Å². The largest absolute Gasteiger partial charge is 0.147 e. The number of halogens is 2. The van der Waals surface area contributed by atoms with Crippen LogP contribution in [0, 0.1) is 0 Å². The molecule has 0 nitrogen and oxygen atoms in total. The van der Waals surface area contributed by atoms with Gasteiger partial charge in [0.05, 0.1) is 0 Å². The molecule has 10 saturated heterocycles. The van der Waals surface area contributed by atoms with E-state index in [1.165, 1.54) is 6.25 Å². The summed E-state index contributed by atoms with van der Waals surface area (Å²) in [6, 6.07) is 0. The third kappa shape index (κ3) is 0.0542. The summed E-state index contributed by atoms with van der Waals surface area (Å²) in [4.78, 5) is 0. The van der Waals surface area contributed by atoms with E-state index in [4.69, 9.17) is 0 Å². The van der Waals surface area contributed by atoms with Crippen molar-refractivity contribution in [3.05, 3.63) is 0 Å². The Kier molecular flexibility index (Phi) is 0.227. The van der Waals surface area contributed by atoms with Gasteiger partial charge in [0.2, 0.25) is 0 Å². The molecule has 10 rings (SSSR count). The van der Waals surface area contributed by atoms with Gasteiger partial charge in [0.1, 0.15) is 0 Å². The third-order valence-corrected chi connectivity index (χ3v) is 124. The predicted octanol–water partition coefficient (Wildman–Crippen LogP) is 5.00. The van der Waals surface area contributed by atoms with Gasteiger partial charge in [-0.2, -0.15) is 0 Å². The summed E-state index contributed by atoms with van der Waals surface area (Å²) in [6.45, 7) is 5.67. The first-order valence-corrected chi connectivity index (χ1v) is 20.8. The zero-order valence-corrected chi connectivity index (χ0v) is 13.0. The van der Waals surface area contributed by atoms with E-state index in [0.29, 0.717) is 0 Å². The van der Waals surface area contributed by atoms with Gasteiger partial charge < -0.3 is 0 Å². The maximum atomic E-state index is 2.84. The fraction of sp³-hybridized carbons (Fsp3) is 1.00. The topological polar surface area (TPSA) is 0 Å². The van der Waals surface area contributed by atoms with Crippen LogP contribution in [0.1, 0.15) is 13.8 Å². The molecular weight excluding hydrogens is 306 g/mol. The van der Waals surface area contributed by atoms with Crippen molar-refractivity contribution in [2.24, 2.45) is 0 Å². The molecule has 0 saturated carbocycles. The molecule has 8 atom stereocenters. The van der Waals surface area contributed by atoms with Gasteiger partial charge in [0.25, 0.3) is 0 Å². The zero-order valence-electron chi connectivity index (χ0n) is 8.94.